The smallest absolute Gasteiger partial charge is 0.295 e. The summed E-state index contributed by atoms with van der Waals surface area (Å²) in [4.78, 5) is 34.5. The third-order valence-electron chi connectivity index (χ3n) is 6.07. The summed E-state index contributed by atoms with van der Waals surface area (Å²) < 4.78 is 7.24. The minimum atomic E-state index is -0.842. The Morgan fingerprint density at radius 2 is 1.97 bits per heavy atom. The van der Waals surface area contributed by atoms with Crippen LogP contribution in [-0.4, -0.2) is 74.9 Å². The second kappa shape index (κ2) is 9.79. The van der Waals surface area contributed by atoms with Gasteiger partial charge in [0.25, 0.3) is 11.7 Å². The summed E-state index contributed by atoms with van der Waals surface area (Å²) in [6, 6.07) is 9.32. The van der Waals surface area contributed by atoms with Crippen LogP contribution in [0.1, 0.15) is 36.3 Å². The molecule has 1 aliphatic rings. The molecule has 0 radical (unpaired) electrons. The number of carbonyl (C=O) groups excluding carboxylic acids is 2. The number of fused-ring (bicyclic) bond motifs is 1. The molecule has 1 aliphatic heterocycles. The Morgan fingerprint density at radius 3 is 2.69 bits per heavy atom. The van der Waals surface area contributed by atoms with Crippen molar-refractivity contribution in [1.29, 1.82) is 0 Å². The van der Waals surface area contributed by atoms with Gasteiger partial charge in [-0.25, -0.2) is 4.98 Å². The lowest BCUT2D eigenvalue weighted by molar-refractivity contribution is -0.139. The Kier molecular flexibility index (Phi) is 6.79. The number of rotatable bonds is 8. The summed E-state index contributed by atoms with van der Waals surface area (Å²) in [6.07, 6.45) is 2.39. The highest BCUT2D eigenvalue weighted by Crippen LogP contribution is 2.42. The SMILES string of the molecule is CCOc1cc(C2C(=C(O)c3c(C)nc4ccccn34)C(=O)C(=O)N2CCCN(C)C)ccc1O. The standard InChI is InChI=1S/C26H30N4O5/c1-5-35-19-15-17(10-11-18(19)31)23-21(25(33)26(34)30(23)14-8-12-28(3)4)24(32)22-16(2)27-20-9-6-7-13-29(20)22/h6-7,9-11,13,15,23,31-32H,5,8,12,14H2,1-4H3. The maximum atomic E-state index is 13.3. The van der Waals surface area contributed by atoms with E-state index in [0.29, 0.717) is 42.2 Å². The highest BCUT2D eigenvalue weighted by Gasteiger charge is 2.46. The van der Waals surface area contributed by atoms with Crippen LogP contribution in [0.4, 0.5) is 0 Å². The van der Waals surface area contributed by atoms with Crippen LogP contribution in [0.5, 0.6) is 11.5 Å². The van der Waals surface area contributed by atoms with Crippen LogP contribution in [0.15, 0.2) is 48.2 Å². The fourth-order valence-electron chi connectivity index (χ4n) is 4.51. The van der Waals surface area contributed by atoms with Gasteiger partial charge in [0.1, 0.15) is 11.3 Å². The lowest BCUT2D eigenvalue weighted by atomic mass is 9.95. The molecule has 0 saturated carbocycles. The second-order valence-corrected chi connectivity index (χ2v) is 8.78. The first-order valence-electron chi connectivity index (χ1n) is 11.6. The molecule has 2 N–H and O–H groups in total. The first-order valence-corrected chi connectivity index (χ1v) is 11.6. The molecule has 2 aromatic heterocycles. The molecule has 1 saturated heterocycles. The number of phenolic OH excluding ortho intramolecular Hbond substituents is 1. The predicted octanol–water partition coefficient (Wildman–Crippen LogP) is 3.12. The van der Waals surface area contributed by atoms with Crippen LogP contribution < -0.4 is 4.74 Å². The van der Waals surface area contributed by atoms with Crippen LogP contribution in [0, 0.1) is 6.92 Å². The van der Waals surface area contributed by atoms with Crippen molar-refractivity contribution in [3.8, 4) is 11.5 Å². The number of ether oxygens (including phenoxy) is 1. The van der Waals surface area contributed by atoms with Crippen LogP contribution in [0.25, 0.3) is 11.4 Å². The van der Waals surface area contributed by atoms with Gasteiger partial charge in [-0.05, 0) is 70.7 Å². The maximum absolute atomic E-state index is 13.3. The van der Waals surface area contributed by atoms with E-state index in [1.807, 2.05) is 25.1 Å². The van der Waals surface area contributed by atoms with Crippen LogP contribution in [-0.2, 0) is 9.59 Å². The number of aliphatic hydroxyl groups is 1. The fourth-order valence-corrected chi connectivity index (χ4v) is 4.51. The summed E-state index contributed by atoms with van der Waals surface area (Å²) in [5.74, 6) is -1.51. The van der Waals surface area contributed by atoms with E-state index in [4.69, 9.17) is 4.74 Å². The van der Waals surface area contributed by atoms with Crippen LogP contribution >= 0.6 is 0 Å². The zero-order chi connectivity index (χ0) is 25.3. The highest BCUT2D eigenvalue weighted by atomic mass is 16.5. The van der Waals surface area contributed by atoms with Gasteiger partial charge >= 0.3 is 0 Å². The highest BCUT2D eigenvalue weighted by molar-refractivity contribution is 6.46. The number of Topliss-reactive ketones (excluding diaryl/α,β-unsaturated/α-hetero) is 1. The summed E-state index contributed by atoms with van der Waals surface area (Å²) in [5.41, 5.74) is 2.06. The van der Waals surface area contributed by atoms with Crippen molar-refractivity contribution in [2.24, 2.45) is 0 Å². The van der Waals surface area contributed by atoms with Crippen molar-refractivity contribution in [3.63, 3.8) is 0 Å². The van der Waals surface area contributed by atoms with E-state index in [0.717, 1.165) is 6.54 Å². The summed E-state index contributed by atoms with van der Waals surface area (Å²) >= 11 is 0. The first kappa shape index (κ1) is 24.3. The van der Waals surface area contributed by atoms with Crippen molar-refractivity contribution >= 4 is 23.1 Å². The fraction of sp³-hybridized carbons (Fsp3) is 0.346. The number of amides is 1. The molecule has 0 bridgehead atoms. The lowest BCUT2D eigenvalue weighted by Gasteiger charge is -2.26. The average Bonchev–Trinajstić information content (AvgIpc) is 3.28. The minimum absolute atomic E-state index is 0.0123. The van der Waals surface area contributed by atoms with Gasteiger partial charge in [-0.1, -0.05) is 12.1 Å². The number of likely N-dealkylation sites (tertiary alicyclic amines) is 1. The molecule has 9 nitrogen and oxygen atoms in total. The van der Waals surface area contributed by atoms with E-state index in [-0.39, 0.29) is 22.8 Å². The number of phenols is 1. The molecule has 1 aromatic carbocycles. The summed E-state index contributed by atoms with van der Waals surface area (Å²) in [5, 5.41) is 21.7. The number of hydrogen-bond donors (Lipinski definition) is 2. The van der Waals surface area contributed by atoms with Gasteiger partial charge in [-0.2, -0.15) is 0 Å². The molecular weight excluding hydrogens is 448 g/mol. The van der Waals surface area contributed by atoms with E-state index < -0.39 is 17.7 Å². The van der Waals surface area contributed by atoms with Gasteiger partial charge in [-0.3, -0.25) is 14.0 Å². The maximum Gasteiger partial charge on any atom is 0.295 e. The van der Waals surface area contributed by atoms with Crippen molar-refractivity contribution in [1.82, 2.24) is 19.2 Å². The number of pyridine rings is 1. The number of imidazole rings is 1. The third kappa shape index (κ3) is 4.46. The average molecular weight is 479 g/mol. The predicted molar refractivity (Wildman–Crippen MR) is 131 cm³/mol. The molecule has 1 atom stereocenters. The summed E-state index contributed by atoms with van der Waals surface area (Å²) in [6.45, 7) is 4.93. The van der Waals surface area contributed by atoms with E-state index in [1.165, 1.54) is 11.0 Å². The number of ketones is 1. The van der Waals surface area contributed by atoms with Gasteiger partial charge in [0.2, 0.25) is 0 Å². The zero-order valence-corrected chi connectivity index (χ0v) is 20.4. The Morgan fingerprint density at radius 1 is 1.20 bits per heavy atom. The Bertz CT molecular complexity index is 1310. The van der Waals surface area contributed by atoms with Gasteiger partial charge in [0, 0.05) is 12.7 Å². The van der Waals surface area contributed by atoms with Crippen molar-refractivity contribution in [2.45, 2.75) is 26.3 Å². The number of carbonyl (C=O) groups is 2. The number of benzene rings is 1. The van der Waals surface area contributed by atoms with Crippen molar-refractivity contribution in [2.75, 3.05) is 33.8 Å². The molecule has 184 valence electrons. The molecular formula is C26H30N4O5. The van der Waals surface area contributed by atoms with E-state index in [2.05, 4.69) is 4.98 Å². The second-order valence-electron chi connectivity index (χ2n) is 8.78. The van der Waals surface area contributed by atoms with E-state index in [1.54, 1.807) is 48.7 Å². The monoisotopic (exact) mass is 478 g/mol. The molecule has 1 fully saturated rings. The molecule has 35 heavy (non-hydrogen) atoms. The van der Waals surface area contributed by atoms with Crippen molar-refractivity contribution < 1.29 is 24.5 Å². The minimum Gasteiger partial charge on any atom is -0.505 e. The van der Waals surface area contributed by atoms with Gasteiger partial charge in [0.15, 0.2) is 17.3 Å². The molecule has 0 aliphatic carbocycles. The number of aryl methyl sites for hydroxylation is 1. The summed E-state index contributed by atoms with van der Waals surface area (Å²) in [7, 11) is 3.88. The topological polar surface area (TPSA) is 108 Å². The Labute approximate surface area is 203 Å². The first-order chi connectivity index (χ1) is 16.7. The number of aromatic hydroxyl groups is 1. The Balaban J connectivity index is 1.90. The van der Waals surface area contributed by atoms with E-state index >= 15 is 0 Å². The molecule has 3 heterocycles. The number of aliphatic hydroxyl groups excluding tert-OH is 1. The number of hydrogen-bond acceptors (Lipinski definition) is 7. The largest absolute Gasteiger partial charge is 0.505 e. The lowest BCUT2D eigenvalue weighted by Crippen LogP contribution is -2.32. The number of nitrogens with zero attached hydrogens (tertiary/aromatic N) is 4. The molecule has 4 rings (SSSR count). The Hall–Kier alpha value is -3.85. The van der Waals surface area contributed by atoms with Gasteiger partial charge < -0.3 is 24.7 Å². The quantitative estimate of drug-likeness (QED) is 0.291. The molecule has 1 unspecified atom stereocenters. The van der Waals surface area contributed by atoms with Gasteiger partial charge in [-0.15, -0.1) is 0 Å². The normalized spacial score (nSPS) is 17.6. The van der Waals surface area contributed by atoms with E-state index in [9.17, 15) is 19.8 Å². The van der Waals surface area contributed by atoms with Gasteiger partial charge in [0.05, 0.1) is 23.9 Å². The van der Waals surface area contributed by atoms with Crippen LogP contribution in [0.3, 0.4) is 0 Å². The third-order valence-corrected chi connectivity index (χ3v) is 6.07. The van der Waals surface area contributed by atoms with Crippen LogP contribution in [0.2, 0.25) is 0 Å². The molecule has 0 spiro atoms. The molecule has 9 heteroatoms. The molecule has 3 aromatic rings. The zero-order valence-electron chi connectivity index (χ0n) is 20.4. The number of aromatic nitrogens is 2. The molecule has 1 amide bonds. The van der Waals surface area contributed by atoms with Crippen molar-refractivity contribution in [3.05, 3.63) is 65.1 Å².